The molecule has 8 atom stereocenters. The second kappa shape index (κ2) is 8.95. The molecule has 4 aliphatic rings. The maximum Gasteiger partial charge on any atom is 0.206 e. The van der Waals surface area contributed by atoms with E-state index in [2.05, 4.69) is 13.0 Å². The third-order valence-electron chi connectivity index (χ3n) is 11.1. The molecule has 2 saturated carbocycles. The smallest absolute Gasteiger partial charge is 0.206 e. The lowest BCUT2D eigenvalue weighted by molar-refractivity contribution is -0.179. The fourth-order valence-electron chi connectivity index (χ4n) is 8.83. The lowest BCUT2D eigenvalue weighted by Crippen LogP contribution is -2.64. The number of carbonyl (C=O) groups is 3. The molecular weight excluding hydrogens is 496 g/mol. The van der Waals surface area contributed by atoms with Crippen LogP contribution in [0.4, 0.5) is 0 Å². The van der Waals surface area contributed by atoms with Crippen LogP contribution in [0.25, 0.3) is 0 Å². The summed E-state index contributed by atoms with van der Waals surface area (Å²) >= 11 is 0. The first kappa shape index (κ1) is 29.9. The van der Waals surface area contributed by atoms with Crippen molar-refractivity contribution in [1.29, 1.82) is 0 Å². The van der Waals surface area contributed by atoms with E-state index in [0.717, 1.165) is 5.57 Å². The van der Waals surface area contributed by atoms with Crippen LogP contribution < -0.4 is 0 Å². The molecule has 39 heavy (non-hydrogen) atoms. The minimum absolute atomic E-state index is 0.00899. The molecule has 0 aromatic heterocycles. The van der Waals surface area contributed by atoms with Gasteiger partial charge in [0.05, 0.1) is 23.7 Å². The Balaban J connectivity index is 1.82. The van der Waals surface area contributed by atoms with Gasteiger partial charge in [0, 0.05) is 23.7 Å². The maximum atomic E-state index is 14.4. The Hall–Kier alpha value is -2.09. The third-order valence-corrected chi connectivity index (χ3v) is 11.1. The molecule has 0 heterocycles. The number of ether oxygens (including phenoxy) is 1. The summed E-state index contributed by atoms with van der Waals surface area (Å²) in [5, 5.41) is 33.2. The third kappa shape index (κ3) is 4.06. The highest BCUT2D eigenvalue weighted by atomic mass is 16.5. The van der Waals surface area contributed by atoms with Crippen LogP contribution in [-0.4, -0.2) is 56.6 Å². The summed E-state index contributed by atoms with van der Waals surface area (Å²) in [5.41, 5.74) is -5.35. The zero-order valence-corrected chi connectivity index (χ0v) is 24.9. The van der Waals surface area contributed by atoms with E-state index in [1.807, 2.05) is 40.7 Å². The van der Waals surface area contributed by atoms with Gasteiger partial charge < -0.3 is 20.1 Å². The van der Waals surface area contributed by atoms with Crippen molar-refractivity contribution in [3.05, 3.63) is 35.6 Å². The first-order valence-corrected chi connectivity index (χ1v) is 14.2. The summed E-state index contributed by atoms with van der Waals surface area (Å²) in [5.74, 6) is -1.78. The number of carbonyl (C=O) groups excluding carboxylic acids is 3. The molecule has 4 rings (SSSR count). The van der Waals surface area contributed by atoms with E-state index in [9.17, 15) is 29.7 Å². The second-order valence-electron chi connectivity index (χ2n) is 14.3. The van der Waals surface area contributed by atoms with Crippen molar-refractivity contribution in [2.24, 2.45) is 39.4 Å². The van der Waals surface area contributed by atoms with Gasteiger partial charge in [0.1, 0.15) is 11.4 Å². The maximum absolute atomic E-state index is 14.4. The number of ketones is 3. The van der Waals surface area contributed by atoms with Gasteiger partial charge in [-0.1, -0.05) is 38.5 Å². The van der Waals surface area contributed by atoms with Crippen molar-refractivity contribution in [1.82, 2.24) is 0 Å². The van der Waals surface area contributed by atoms with E-state index >= 15 is 0 Å². The molecule has 0 amide bonds. The topological polar surface area (TPSA) is 121 Å². The van der Waals surface area contributed by atoms with Crippen molar-refractivity contribution in [3.63, 3.8) is 0 Å². The molecule has 0 saturated heterocycles. The number of allylic oxidation sites excluding steroid dienone is 4. The molecule has 4 aliphatic carbocycles. The number of aliphatic hydroxyl groups is 3. The van der Waals surface area contributed by atoms with E-state index < -0.39 is 50.7 Å². The van der Waals surface area contributed by atoms with Crippen molar-refractivity contribution >= 4 is 17.3 Å². The van der Waals surface area contributed by atoms with Crippen molar-refractivity contribution in [3.8, 4) is 0 Å². The summed E-state index contributed by atoms with van der Waals surface area (Å²) in [4.78, 5) is 40.9. The molecule has 0 aliphatic heterocycles. The van der Waals surface area contributed by atoms with Crippen molar-refractivity contribution < 1.29 is 34.4 Å². The lowest BCUT2D eigenvalue weighted by atomic mass is 9.39. The Morgan fingerprint density at radius 1 is 1.10 bits per heavy atom. The fourth-order valence-corrected chi connectivity index (χ4v) is 8.83. The highest BCUT2D eigenvalue weighted by Crippen LogP contribution is 2.73. The van der Waals surface area contributed by atoms with Crippen LogP contribution in [0.2, 0.25) is 0 Å². The molecular formula is C32H46O7. The average Bonchev–Trinajstić information content (AvgIpc) is 3.01. The van der Waals surface area contributed by atoms with Crippen molar-refractivity contribution in [2.75, 3.05) is 6.61 Å². The van der Waals surface area contributed by atoms with E-state index in [1.165, 1.54) is 32.9 Å². The van der Waals surface area contributed by atoms with Crippen LogP contribution in [0.5, 0.6) is 0 Å². The lowest BCUT2D eigenvalue weighted by Gasteiger charge is -2.63. The zero-order valence-electron chi connectivity index (χ0n) is 24.9. The van der Waals surface area contributed by atoms with Gasteiger partial charge >= 0.3 is 0 Å². The van der Waals surface area contributed by atoms with E-state index in [1.54, 1.807) is 0 Å². The molecule has 0 aromatic rings. The van der Waals surface area contributed by atoms with E-state index in [-0.39, 0.29) is 29.8 Å². The summed E-state index contributed by atoms with van der Waals surface area (Å²) in [6, 6.07) is 0. The number of rotatable bonds is 6. The number of aliphatic hydroxyl groups excluding tert-OH is 1. The van der Waals surface area contributed by atoms with Gasteiger partial charge in [-0.2, -0.15) is 0 Å². The predicted octanol–water partition coefficient (Wildman–Crippen LogP) is 4.10. The van der Waals surface area contributed by atoms with Gasteiger partial charge in [-0.25, -0.2) is 0 Å². The van der Waals surface area contributed by atoms with Gasteiger partial charge in [-0.05, 0) is 83.3 Å². The van der Waals surface area contributed by atoms with Gasteiger partial charge in [-0.3, -0.25) is 14.4 Å². The Kier molecular flexibility index (Phi) is 6.86. The highest BCUT2D eigenvalue weighted by molar-refractivity contribution is 6.02. The Morgan fingerprint density at radius 2 is 1.72 bits per heavy atom. The Bertz CT molecular complexity index is 1180. The molecule has 0 spiro atoms. The molecule has 3 N–H and O–H groups in total. The number of hydrogen-bond acceptors (Lipinski definition) is 7. The minimum Gasteiger partial charge on any atom is -0.490 e. The molecule has 7 nitrogen and oxygen atoms in total. The van der Waals surface area contributed by atoms with Crippen LogP contribution in [0.1, 0.15) is 81.6 Å². The van der Waals surface area contributed by atoms with Crippen LogP contribution in [0.15, 0.2) is 35.6 Å². The molecule has 7 heteroatoms. The first-order chi connectivity index (χ1) is 17.7. The van der Waals surface area contributed by atoms with Crippen molar-refractivity contribution in [2.45, 2.75) is 98.9 Å². The predicted molar refractivity (Wildman–Crippen MR) is 147 cm³/mol. The summed E-state index contributed by atoms with van der Waals surface area (Å²) < 4.78 is 5.76. The SMILES string of the molecule is CCOC1=C[C@@H]2C(=CC[C@@H]3[C@@]2(C)C(=O)C[C@]2(C)[C@@H]([C@@](C)(O)C(=O)/C=C/C(C)(C)O)[C@H](O)C[C@@]32C)C(C)(C)C1=O. The molecule has 0 radical (unpaired) electrons. The Morgan fingerprint density at radius 3 is 2.28 bits per heavy atom. The van der Waals surface area contributed by atoms with Crippen LogP contribution in [0.3, 0.4) is 0 Å². The zero-order chi connectivity index (χ0) is 29.6. The first-order valence-electron chi connectivity index (χ1n) is 14.2. The van der Waals surface area contributed by atoms with Crippen LogP contribution in [0, 0.1) is 39.4 Å². The highest BCUT2D eigenvalue weighted by Gasteiger charge is 2.74. The molecule has 0 aromatic carbocycles. The molecule has 0 bridgehead atoms. The number of hydrogen-bond donors (Lipinski definition) is 3. The standard InChI is InChI=1S/C32H46O7/c1-10-39-21-15-19-18(28(4,5)26(21)36)11-12-22-29(6)16-20(33)25(30(29,7)17-24(35)31(19,22)8)32(9,38)23(34)13-14-27(2,3)37/h11,13-15,19-20,22,25,33,37-38H,10,12,16-17H2,1-9H3/b14-13+/t19-,20-,22+,25+,29+,30-,31+,32+/m1/s1. The van der Waals surface area contributed by atoms with E-state index in [4.69, 9.17) is 4.74 Å². The number of fused-ring (bicyclic) bond motifs is 5. The fraction of sp³-hybridized carbons (Fsp3) is 0.719. The average molecular weight is 543 g/mol. The quantitative estimate of drug-likeness (QED) is 0.341. The molecule has 2 fully saturated rings. The minimum atomic E-state index is -1.95. The molecule has 216 valence electrons. The summed E-state index contributed by atoms with van der Waals surface area (Å²) in [7, 11) is 0. The largest absolute Gasteiger partial charge is 0.490 e. The van der Waals surface area contributed by atoms with Gasteiger partial charge in [0.25, 0.3) is 0 Å². The number of Topliss-reactive ketones (excluding diaryl/α,β-unsaturated/α-hetero) is 2. The van der Waals surface area contributed by atoms with Gasteiger partial charge in [0.15, 0.2) is 11.5 Å². The van der Waals surface area contributed by atoms with E-state index in [0.29, 0.717) is 25.2 Å². The van der Waals surface area contributed by atoms with Crippen LogP contribution >= 0.6 is 0 Å². The summed E-state index contributed by atoms with van der Waals surface area (Å²) in [6.45, 7) is 16.5. The van der Waals surface area contributed by atoms with Gasteiger partial charge in [0.2, 0.25) is 5.78 Å². The van der Waals surface area contributed by atoms with Gasteiger partial charge in [-0.15, -0.1) is 0 Å². The second-order valence-corrected chi connectivity index (χ2v) is 14.3. The van der Waals surface area contributed by atoms with Crippen LogP contribution in [-0.2, 0) is 19.1 Å². The summed E-state index contributed by atoms with van der Waals surface area (Å²) in [6.07, 6.45) is 6.43. The molecule has 0 unspecified atom stereocenters. The monoisotopic (exact) mass is 542 g/mol. The Labute approximate surface area is 232 Å². The normalized spacial score (nSPS) is 41.2.